The van der Waals surface area contributed by atoms with Crippen LogP contribution >= 0.6 is 0 Å². The lowest BCUT2D eigenvalue weighted by Crippen LogP contribution is -2.37. The summed E-state index contributed by atoms with van der Waals surface area (Å²) in [6.45, 7) is 5.30. The van der Waals surface area contributed by atoms with Gasteiger partial charge in [0.05, 0.1) is 12.6 Å². The maximum atomic E-state index is 12.5. The van der Waals surface area contributed by atoms with E-state index in [2.05, 4.69) is 12.2 Å². The molecule has 0 aliphatic carbocycles. The molecule has 1 aliphatic rings. The minimum absolute atomic E-state index is 0.0313. The van der Waals surface area contributed by atoms with Gasteiger partial charge < -0.3 is 15.0 Å². The number of aryl methyl sites for hydroxylation is 1. The molecule has 5 nitrogen and oxygen atoms in total. The Hall–Kier alpha value is -2.82. The molecule has 0 radical (unpaired) electrons. The summed E-state index contributed by atoms with van der Waals surface area (Å²) < 4.78 is 5.62. The van der Waals surface area contributed by atoms with Crippen LogP contribution in [-0.4, -0.2) is 31.0 Å². The standard InChI is InChI=1S/C22H26N2O3/c1-3-4-13-27-20-11-7-17(8-12-20)22(26)23-18-14-21(25)24(15-18)19-9-5-16(2)6-10-19/h5-12,18H,3-4,13-15H2,1-2H3,(H,23,26)/t18-/m1/s1. The van der Waals surface area contributed by atoms with Gasteiger partial charge in [0.1, 0.15) is 5.75 Å². The quantitative estimate of drug-likeness (QED) is 0.760. The molecule has 0 spiro atoms. The van der Waals surface area contributed by atoms with Crippen molar-refractivity contribution in [2.24, 2.45) is 0 Å². The summed E-state index contributed by atoms with van der Waals surface area (Å²) in [6, 6.07) is 14.8. The van der Waals surface area contributed by atoms with E-state index >= 15 is 0 Å². The minimum atomic E-state index is -0.188. The first kappa shape index (κ1) is 19.0. The predicted molar refractivity (Wildman–Crippen MR) is 106 cm³/mol. The number of benzene rings is 2. The molecule has 2 amide bonds. The van der Waals surface area contributed by atoms with Crippen molar-refractivity contribution in [3.05, 3.63) is 59.7 Å². The molecule has 3 rings (SSSR count). The lowest BCUT2D eigenvalue weighted by atomic mass is 10.1. The first-order valence-corrected chi connectivity index (χ1v) is 9.47. The topological polar surface area (TPSA) is 58.6 Å². The Balaban J connectivity index is 1.56. The van der Waals surface area contributed by atoms with E-state index in [0.717, 1.165) is 29.8 Å². The molecule has 0 bridgehead atoms. The lowest BCUT2D eigenvalue weighted by molar-refractivity contribution is -0.117. The number of unbranched alkanes of at least 4 members (excludes halogenated alkanes) is 1. The molecule has 1 aliphatic heterocycles. The molecular weight excluding hydrogens is 340 g/mol. The van der Waals surface area contributed by atoms with Crippen molar-refractivity contribution in [3.8, 4) is 5.75 Å². The highest BCUT2D eigenvalue weighted by Gasteiger charge is 2.31. The van der Waals surface area contributed by atoms with Crippen molar-refractivity contribution in [2.75, 3.05) is 18.1 Å². The smallest absolute Gasteiger partial charge is 0.251 e. The van der Waals surface area contributed by atoms with E-state index in [1.165, 1.54) is 0 Å². The van der Waals surface area contributed by atoms with Gasteiger partial charge in [0.25, 0.3) is 5.91 Å². The van der Waals surface area contributed by atoms with Gasteiger partial charge in [-0.3, -0.25) is 9.59 Å². The summed E-state index contributed by atoms with van der Waals surface area (Å²) in [6.07, 6.45) is 2.41. The van der Waals surface area contributed by atoms with E-state index in [0.29, 0.717) is 25.1 Å². The van der Waals surface area contributed by atoms with E-state index in [1.54, 1.807) is 17.0 Å². The summed E-state index contributed by atoms with van der Waals surface area (Å²) in [5, 5.41) is 2.97. The number of nitrogens with one attached hydrogen (secondary N) is 1. The molecule has 2 aromatic carbocycles. The molecule has 5 heteroatoms. The number of carbonyl (C=O) groups is 2. The summed E-state index contributed by atoms with van der Waals surface area (Å²) >= 11 is 0. The fraction of sp³-hybridized carbons (Fsp3) is 0.364. The van der Waals surface area contributed by atoms with Gasteiger partial charge in [0.15, 0.2) is 0 Å². The number of hydrogen-bond donors (Lipinski definition) is 1. The van der Waals surface area contributed by atoms with Crippen molar-refractivity contribution in [3.63, 3.8) is 0 Å². The Morgan fingerprint density at radius 1 is 1.15 bits per heavy atom. The predicted octanol–water partition coefficient (Wildman–Crippen LogP) is 3.71. The van der Waals surface area contributed by atoms with Crippen molar-refractivity contribution < 1.29 is 14.3 Å². The summed E-state index contributed by atoms with van der Waals surface area (Å²) in [5.41, 5.74) is 2.59. The number of hydrogen-bond acceptors (Lipinski definition) is 3. The van der Waals surface area contributed by atoms with Crippen LogP contribution < -0.4 is 15.0 Å². The third-order valence-electron chi connectivity index (χ3n) is 4.69. The van der Waals surface area contributed by atoms with Crippen molar-refractivity contribution >= 4 is 17.5 Å². The van der Waals surface area contributed by atoms with Gasteiger partial charge in [-0.15, -0.1) is 0 Å². The summed E-state index contributed by atoms with van der Waals surface area (Å²) in [7, 11) is 0. The first-order chi connectivity index (χ1) is 13.1. The van der Waals surface area contributed by atoms with Crippen molar-refractivity contribution in [1.82, 2.24) is 5.32 Å². The Morgan fingerprint density at radius 2 is 1.85 bits per heavy atom. The van der Waals surface area contributed by atoms with Gasteiger partial charge in [-0.2, -0.15) is 0 Å². The van der Waals surface area contributed by atoms with Gasteiger partial charge in [-0.25, -0.2) is 0 Å². The highest BCUT2D eigenvalue weighted by Crippen LogP contribution is 2.22. The largest absolute Gasteiger partial charge is 0.494 e. The van der Waals surface area contributed by atoms with E-state index in [1.807, 2.05) is 43.3 Å². The highest BCUT2D eigenvalue weighted by atomic mass is 16.5. The number of ether oxygens (including phenoxy) is 1. The molecule has 0 aromatic heterocycles. The SMILES string of the molecule is CCCCOc1ccc(C(=O)N[C@@H]2CC(=O)N(c3ccc(C)cc3)C2)cc1. The number of nitrogens with zero attached hydrogens (tertiary/aromatic N) is 1. The lowest BCUT2D eigenvalue weighted by Gasteiger charge is -2.17. The molecule has 0 saturated carbocycles. The second-order valence-corrected chi connectivity index (χ2v) is 6.94. The number of carbonyl (C=O) groups excluding carboxylic acids is 2. The summed E-state index contributed by atoms with van der Waals surface area (Å²) in [4.78, 5) is 26.5. The molecule has 2 aromatic rings. The van der Waals surface area contributed by atoms with Crippen LogP contribution in [0.2, 0.25) is 0 Å². The molecule has 27 heavy (non-hydrogen) atoms. The van der Waals surface area contributed by atoms with Gasteiger partial charge >= 0.3 is 0 Å². The highest BCUT2D eigenvalue weighted by molar-refractivity contribution is 5.99. The number of anilines is 1. The van der Waals surface area contributed by atoms with Crippen LogP contribution in [0.5, 0.6) is 5.75 Å². The van der Waals surface area contributed by atoms with Crippen molar-refractivity contribution in [1.29, 1.82) is 0 Å². The fourth-order valence-corrected chi connectivity index (χ4v) is 3.08. The van der Waals surface area contributed by atoms with Gasteiger partial charge in [0.2, 0.25) is 5.91 Å². The van der Waals surface area contributed by atoms with Crippen LogP contribution in [0.1, 0.15) is 42.1 Å². The van der Waals surface area contributed by atoms with Crippen LogP contribution in [0.15, 0.2) is 48.5 Å². The zero-order valence-corrected chi connectivity index (χ0v) is 15.9. The van der Waals surface area contributed by atoms with Crippen molar-refractivity contribution in [2.45, 2.75) is 39.2 Å². The first-order valence-electron chi connectivity index (χ1n) is 9.47. The molecule has 142 valence electrons. The van der Waals surface area contributed by atoms with Crippen LogP contribution in [0.3, 0.4) is 0 Å². The zero-order chi connectivity index (χ0) is 19.2. The molecule has 1 saturated heterocycles. The number of rotatable bonds is 7. The molecule has 1 atom stereocenters. The molecular formula is C22H26N2O3. The van der Waals surface area contributed by atoms with Gasteiger partial charge in [0, 0.05) is 24.2 Å². The number of amides is 2. The Labute approximate surface area is 160 Å². The van der Waals surface area contributed by atoms with Crippen LogP contribution in [0.25, 0.3) is 0 Å². The molecule has 0 unspecified atom stereocenters. The average Bonchev–Trinajstić information content (AvgIpc) is 3.03. The normalized spacial score (nSPS) is 16.4. The second-order valence-electron chi connectivity index (χ2n) is 6.94. The third-order valence-corrected chi connectivity index (χ3v) is 4.69. The van der Waals surface area contributed by atoms with E-state index in [4.69, 9.17) is 4.74 Å². The molecule has 1 heterocycles. The minimum Gasteiger partial charge on any atom is -0.494 e. The maximum absolute atomic E-state index is 12.5. The monoisotopic (exact) mass is 366 g/mol. The van der Waals surface area contributed by atoms with Crippen LogP contribution in [0.4, 0.5) is 5.69 Å². The molecule has 1 N–H and O–H groups in total. The van der Waals surface area contributed by atoms with Crippen LogP contribution in [-0.2, 0) is 4.79 Å². The average molecular weight is 366 g/mol. The Morgan fingerprint density at radius 3 is 2.52 bits per heavy atom. The summed E-state index contributed by atoms with van der Waals surface area (Å²) in [5.74, 6) is 0.629. The third kappa shape index (κ3) is 4.88. The maximum Gasteiger partial charge on any atom is 0.251 e. The second kappa shape index (κ2) is 8.71. The Bertz CT molecular complexity index is 784. The Kier molecular flexibility index (Phi) is 6.12. The van der Waals surface area contributed by atoms with E-state index in [-0.39, 0.29) is 17.9 Å². The van der Waals surface area contributed by atoms with Gasteiger partial charge in [-0.1, -0.05) is 31.0 Å². The van der Waals surface area contributed by atoms with E-state index in [9.17, 15) is 9.59 Å². The fourth-order valence-electron chi connectivity index (χ4n) is 3.08. The van der Waals surface area contributed by atoms with Gasteiger partial charge in [-0.05, 0) is 49.7 Å². The van der Waals surface area contributed by atoms with E-state index < -0.39 is 0 Å². The molecule has 1 fully saturated rings. The van der Waals surface area contributed by atoms with Crippen LogP contribution in [0, 0.1) is 6.92 Å². The zero-order valence-electron chi connectivity index (χ0n) is 15.9.